The van der Waals surface area contributed by atoms with Crippen molar-refractivity contribution in [3.63, 3.8) is 0 Å². The first-order valence-corrected chi connectivity index (χ1v) is 6.90. The number of amides is 1. The summed E-state index contributed by atoms with van der Waals surface area (Å²) in [4.78, 5) is 16.1. The number of carbonyl (C=O) groups excluding carboxylic acids is 1. The standard InChI is InChI=1S/C13H22N2O2/c16-12(15-6-2-1-3-7-15)8-14-9-13(17,10-14)11-4-5-11/h11,17H,1-10H2. The van der Waals surface area contributed by atoms with Crippen LogP contribution in [-0.4, -0.2) is 59.1 Å². The Bertz CT molecular complexity index is 303. The SMILES string of the molecule is O=C(CN1CC(O)(C2CC2)C1)N1CCCCC1. The number of likely N-dealkylation sites (tertiary alicyclic amines) is 2. The topological polar surface area (TPSA) is 43.8 Å². The summed E-state index contributed by atoms with van der Waals surface area (Å²) in [6.45, 7) is 3.78. The summed E-state index contributed by atoms with van der Waals surface area (Å²) in [5, 5.41) is 10.2. The van der Waals surface area contributed by atoms with Crippen LogP contribution < -0.4 is 0 Å². The van der Waals surface area contributed by atoms with Gasteiger partial charge in [0.15, 0.2) is 0 Å². The number of nitrogens with zero attached hydrogens (tertiary/aromatic N) is 2. The third-order valence-electron chi connectivity index (χ3n) is 4.40. The van der Waals surface area contributed by atoms with E-state index in [-0.39, 0.29) is 5.91 Å². The molecule has 0 spiro atoms. The van der Waals surface area contributed by atoms with E-state index in [9.17, 15) is 9.90 Å². The zero-order chi connectivity index (χ0) is 11.9. The fourth-order valence-electron chi connectivity index (χ4n) is 3.15. The van der Waals surface area contributed by atoms with Crippen molar-refractivity contribution in [2.75, 3.05) is 32.7 Å². The zero-order valence-electron chi connectivity index (χ0n) is 10.4. The van der Waals surface area contributed by atoms with Gasteiger partial charge in [0.2, 0.25) is 5.91 Å². The molecule has 17 heavy (non-hydrogen) atoms. The lowest BCUT2D eigenvalue weighted by atomic mass is 9.89. The molecule has 96 valence electrons. The van der Waals surface area contributed by atoms with E-state index in [0.717, 1.165) is 25.9 Å². The normalized spacial score (nSPS) is 28.9. The maximum absolute atomic E-state index is 12.0. The highest BCUT2D eigenvalue weighted by molar-refractivity contribution is 5.78. The number of piperidine rings is 1. The highest BCUT2D eigenvalue weighted by Crippen LogP contribution is 2.44. The van der Waals surface area contributed by atoms with Crippen LogP contribution in [0.1, 0.15) is 32.1 Å². The van der Waals surface area contributed by atoms with E-state index < -0.39 is 5.60 Å². The molecule has 0 radical (unpaired) electrons. The third kappa shape index (κ3) is 2.33. The van der Waals surface area contributed by atoms with Gasteiger partial charge in [0.1, 0.15) is 0 Å². The van der Waals surface area contributed by atoms with Crippen LogP contribution in [0.5, 0.6) is 0 Å². The maximum atomic E-state index is 12.0. The summed E-state index contributed by atoms with van der Waals surface area (Å²) in [7, 11) is 0. The monoisotopic (exact) mass is 238 g/mol. The van der Waals surface area contributed by atoms with E-state index >= 15 is 0 Å². The van der Waals surface area contributed by atoms with E-state index in [2.05, 4.69) is 4.90 Å². The molecule has 1 saturated carbocycles. The maximum Gasteiger partial charge on any atom is 0.236 e. The first-order chi connectivity index (χ1) is 8.17. The number of rotatable bonds is 3. The predicted molar refractivity (Wildman–Crippen MR) is 64.5 cm³/mol. The van der Waals surface area contributed by atoms with Gasteiger partial charge in [-0.15, -0.1) is 0 Å². The summed E-state index contributed by atoms with van der Waals surface area (Å²) in [6.07, 6.45) is 5.90. The molecule has 0 aromatic rings. The van der Waals surface area contributed by atoms with Crippen molar-refractivity contribution >= 4 is 5.91 Å². The van der Waals surface area contributed by atoms with Crippen LogP contribution in [0.4, 0.5) is 0 Å². The van der Waals surface area contributed by atoms with Crippen molar-refractivity contribution in [1.29, 1.82) is 0 Å². The van der Waals surface area contributed by atoms with Crippen LogP contribution in [0, 0.1) is 5.92 Å². The van der Waals surface area contributed by atoms with Crippen LogP contribution in [0.2, 0.25) is 0 Å². The van der Waals surface area contributed by atoms with Gasteiger partial charge < -0.3 is 10.0 Å². The lowest BCUT2D eigenvalue weighted by Gasteiger charge is -2.47. The molecule has 3 aliphatic rings. The van der Waals surface area contributed by atoms with E-state index in [4.69, 9.17) is 0 Å². The Morgan fingerprint density at radius 2 is 1.82 bits per heavy atom. The van der Waals surface area contributed by atoms with Crippen molar-refractivity contribution in [2.24, 2.45) is 5.92 Å². The molecule has 2 saturated heterocycles. The Balaban J connectivity index is 1.43. The minimum atomic E-state index is -0.456. The van der Waals surface area contributed by atoms with Crippen molar-refractivity contribution in [3.05, 3.63) is 0 Å². The van der Waals surface area contributed by atoms with Crippen LogP contribution >= 0.6 is 0 Å². The Morgan fingerprint density at radius 3 is 2.41 bits per heavy atom. The average molecular weight is 238 g/mol. The first kappa shape index (κ1) is 11.5. The Kier molecular flexibility index (Phi) is 2.87. The van der Waals surface area contributed by atoms with E-state index in [0.29, 0.717) is 25.6 Å². The summed E-state index contributed by atoms with van der Waals surface area (Å²) in [5.41, 5.74) is -0.456. The van der Waals surface area contributed by atoms with Gasteiger partial charge in [0.25, 0.3) is 0 Å². The minimum absolute atomic E-state index is 0.252. The highest BCUT2D eigenvalue weighted by atomic mass is 16.3. The molecule has 4 nitrogen and oxygen atoms in total. The second-order valence-corrected chi connectivity index (χ2v) is 5.96. The number of hydrogen-bond acceptors (Lipinski definition) is 3. The fourth-order valence-corrected chi connectivity index (χ4v) is 3.15. The molecule has 0 aromatic carbocycles. The summed E-state index contributed by atoms with van der Waals surface area (Å²) >= 11 is 0. The van der Waals surface area contributed by atoms with Gasteiger partial charge in [-0.2, -0.15) is 0 Å². The lowest BCUT2D eigenvalue weighted by molar-refractivity contribution is -0.145. The first-order valence-electron chi connectivity index (χ1n) is 6.90. The van der Waals surface area contributed by atoms with Crippen molar-refractivity contribution < 1.29 is 9.90 Å². The van der Waals surface area contributed by atoms with Crippen LogP contribution in [0.15, 0.2) is 0 Å². The molecule has 1 aliphatic carbocycles. The summed E-state index contributed by atoms with van der Waals surface area (Å²) in [6, 6.07) is 0. The minimum Gasteiger partial charge on any atom is -0.387 e. The van der Waals surface area contributed by atoms with Gasteiger partial charge >= 0.3 is 0 Å². The molecular formula is C13H22N2O2. The van der Waals surface area contributed by atoms with E-state index in [1.165, 1.54) is 19.3 Å². The number of β-amino-alcohol motifs (C(OH)–C–C–N with tert-alkyl or cyclic N) is 1. The molecule has 1 amide bonds. The van der Waals surface area contributed by atoms with Crippen LogP contribution in [0.25, 0.3) is 0 Å². The summed E-state index contributed by atoms with van der Waals surface area (Å²) < 4.78 is 0. The van der Waals surface area contributed by atoms with Gasteiger partial charge in [-0.3, -0.25) is 9.69 Å². The Labute approximate surface area is 103 Å². The quantitative estimate of drug-likeness (QED) is 0.776. The highest BCUT2D eigenvalue weighted by Gasteiger charge is 2.52. The van der Waals surface area contributed by atoms with Gasteiger partial charge in [-0.25, -0.2) is 0 Å². The van der Waals surface area contributed by atoms with E-state index in [1.807, 2.05) is 4.90 Å². The molecule has 0 bridgehead atoms. The Morgan fingerprint density at radius 1 is 1.18 bits per heavy atom. The molecule has 4 heteroatoms. The van der Waals surface area contributed by atoms with Gasteiger partial charge in [-0.05, 0) is 38.0 Å². The van der Waals surface area contributed by atoms with Gasteiger partial charge in [0.05, 0.1) is 12.1 Å². The second kappa shape index (κ2) is 4.25. The molecule has 0 unspecified atom stereocenters. The zero-order valence-corrected chi connectivity index (χ0v) is 10.4. The largest absolute Gasteiger partial charge is 0.387 e. The number of aliphatic hydroxyl groups is 1. The van der Waals surface area contributed by atoms with Crippen molar-refractivity contribution in [3.8, 4) is 0 Å². The second-order valence-electron chi connectivity index (χ2n) is 5.96. The molecule has 0 aromatic heterocycles. The average Bonchev–Trinajstić information content (AvgIpc) is 3.12. The predicted octanol–water partition coefficient (Wildman–Crippen LogP) is 0.456. The molecule has 2 heterocycles. The molecule has 0 atom stereocenters. The fraction of sp³-hybridized carbons (Fsp3) is 0.923. The molecule has 3 fully saturated rings. The smallest absolute Gasteiger partial charge is 0.236 e. The molecule has 3 rings (SSSR count). The third-order valence-corrected chi connectivity index (χ3v) is 4.40. The van der Waals surface area contributed by atoms with Gasteiger partial charge in [0, 0.05) is 26.2 Å². The van der Waals surface area contributed by atoms with Crippen molar-refractivity contribution in [1.82, 2.24) is 9.80 Å². The van der Waals surface area contributed by atoms with Gasteiger partial charge in [-0.1, -0.05) is 0 Å². The van der Waals surface area contributed by atoms with E-state index in [1.54, 1.807) is 0 Å². The Hall–Kier alpha value is -0.610. The van der Waals surface area contributed by atoms with Crippen LogP contribution in [0.3, 0.4) is 0 Å². The van der Waals surface area contributed by atoms with Crippen LogP contribution in [-0.2, 0) is 4.79 Å². The molecule has 2 aliphatic heterocycles. The number of hydrogen-bond donors (Lipinski definition) is 1. The summed E-state index contributed by atoms with van der Waals surface area (Å²) in [5.74, 6) is 0.770. The number of carbonyl (C=O) groups is 1. The molecular weight excluding hydrogens is 216 g/mol. The van der Waals surface area contributed by atoms with Crippen molar-refractivity contribution in [2.45, 2.75) is 37.7 Å². The lowest BCUT2D eigenvalue weighted by Crippen LogP contribution is -2.64. The molecule has 1 N–H and O–H groups in total.